The van der Waals surface area contributed by atoms with Gasteiger partial charge in [-0.05, 0) is 24.6 Å². The lowest BCUT2D eigenvalue weighted by atomic mass is 10.2. The molecule has 0 spiro atoms. The normalized spacial score (nSPS) is 24.8. The maximum atomic E-state index is 12.4. The molecule has 1 aromatic rings. The third kappa shape index (κ3) is 2.56. The topological polar surface area (TPSA) is 104 Å². The van der Waals surface area contributed by atoms with Crippen molar-refractivity contribution in [2.45, 2.75) is 24.0 Å². The first-order valence-corrected chi connectivity index (χ1v) is 7.47. The molecule has 0 aromatic heterocycles. The van der Waals surface area contributed by atoms with E-state index in [0.29, 0.717) is 5.56 Å². The van der Waals surface area contributed by atoms with Gasteiger partial charge in [0.1, 0.15) is 0 Å². The Morgan fingerprint density at radius 3 is 2.37 bits per heavy atom. The van der Waals surface area contributed by atoms with Crippen molar-refractivity contribution >= 4 is 27.3 Å². The SMILES string of the molecule is Cc1c(N)cc(Cl)cc1S(=O)(=O)N1CC(O)C(O)C1. The largest absolute Gasteiger partial charge is 0.398 e. The number of benzene rings is 1. The molecule has 106 valence electrons. The second-order valence-corrected chi connectivity index (χ2v) is 6.92. The van der Waals surface area contributed by atoms with Crippen LogP contribution in [0.2, 0.25) is 5.02 Å². The zero-order valence-corrected chi connectivity index (χ0v) is 11.8. The lowest BCUT2D eigenvalue weighted by Crippen LogP contribution is -2.30. The maximum Gasteiger partial charge on any atom is 0.243 e. The van der Waals surface area contributed by atoms with Crippen LogP contribution in [0.25, 0.3) is 0 Å². The van der Waals surface area contributed by atoms with Crippen LogP contribution in [0.4, 0.5) is 5.69 Å². The van der Waals surface area contributed by atoms with E-state index >= 15 is 0 Å². The van der Waals surface area contributed by atoms with Crippen molar-refractivity contribution in [3.05, 3.63) is 22.7 Å². The molecule has 0 amide bonds. The summed E-state index contributed by atoms with van der Waals surface area (Å²) in [6.45, 7) is 1.30. The zero-order valence-electron chi connectivity index (χ0n) is 10.2. The predicted octanol–water partition coefficient (Wildman–Crippen LogP) is -0.0433. The maximum absolute atomic E-state index is 12.4. The number of aliphatic hydroxyl groups is 2. The van der Waals surface area contributed by atoms with Crippen molar-refractivity contribution in [1.29, 1.82) is 0 Å². The van der Waals surface area contributed by atoms with Gasteiger partial charge in [-0.2, -0.15) is 4.31 Å². The molecule has 19 heavy (non-hydrogen) atoms. The monoisotopic (exact) mass is 306 g/mol. The van der Waals surface area contributed by atoms with Gasteiger partial charge in [-0.3, -0.25) is 0 Å². The second kappa shape index (κ2) is 4.92. The smallest absolute Gasteiger partial charge is 0.243 e. The number of rotatable bonds is 2. The second-order valence-electron chi connectivity index (χ2n) is 4.57. The fourth-order valence-corrected chi connectivity index (χ4v) is 4.06. The van der Waals surface area contributed by atoms with Gasteiger partial charge < -0.3 is 15.9 Å². The van der Waals surface area contributed by atoms with Crippen molar-refractivity contribution < 1.29 is 18.6 Å². The minimum absolute atomic E-state index is 0.00111. The molecule has 1 aliphatic rings. The average Bonchev–Trinajstić information content (AvgIpc) is 2.65. The van der Waals surface area contributed by atoms with Crippen molar-refractivity contribution in [1.82, 2.24) is 4.31 Å². The summed E-state index contributed by atoms with van der Waals surface area (Å²) in [4.78, 5) is -0.00111. The number of nitrogen functional groups attached to an aromatic ring is 1. The Bertz CT molecular complexity index is 595. The number of hydrogen-bond acceptors (Lipinski definition) is 5. The van der Waals surface area contributed by atoms with Crippen LogP contribution in [-0.2, 0) is 10.0 Å². The van der Waals surface area contributed by atoms with E-state index in [1.807, 2.05) is 0 Å². The molecular weight excluding hydrogens is 292 g/mol. The minimum Gasteiger partial charge on any atom is -0.398 e. The van der Waals surface area contributed by atoms with Crippen molar-refractivity contribution in [3.63, 3.8) is 0 Å². The Labute approximate surface area is 116 Å². The number of β-amino-alcohol motifs (C(OH)–C–C–N with tert-alkyl or cyclic N) is 2. The van der Waals surface area contributed by atoms with Crippen LogP contribution >= 0.6 is 11.6 Å². The zero-order chi connectivity index (χ0) is 14.4. The summed E-state index contributed by atoms with van der Waals surface area (Å²) >= 11 is 5.83. The highest BCUT2D eigenvalue weighted by Crippen LogP contribution is 2.29. The van der Waals surface area contributed by atoms with E-state index in [1.54, 1.807) is 6.92 Å². The number of sulfonamides is 1. The van der Waals surface area contributed by atoms with Gasteiger partial charge in [-0.25, -0.2) is 8.42 Å². The van der Waals surface area contributed by atoms with Crippen LogP contribution in [0, 0.1) is 6.92 Å². The number of halogens is 1. The van der Waals surface area contributed by atoms with E-state index in [9.17, 15) is 18.6 Å². The number of hydrogen-bond donors (Lipinski definition) is 3. The summed E-state index contributed by atoms with van der Waals surface area (Å²) in [5, 5.41) is 19.1. The van der Waals surface area contributed by atoms with Gasteiger partial charge in [0.05, 0.1) is 17.1 Å². The van der Waals surface area contributed by atoms with Crippen LogP contribution in [0.3, 0.4) is 0 Å². The quantitative estimate of drug-likeness (QED) is 0.665. The van der Waals surface area contributed by atoms with E-state index in [1.165, 1.54) is 12.1 Å². The van der Waals surface area contributed by atoms with Gasteiger partial charge in [0.2, 0.25) is 10.0 Å². The Balaban J connectivity index is 2.46. The number of nitrogens with two attached hydrogens (primary N) is 1. The highest BCUT2D eigenvalue weighted by Gasteiger charge is 2.38. The van der Waals surface area contributed by atoms with Crippen LogP contribution in [0.1, 0.15) is 5.56 Å². The Hall–Kier alpha value is -0.860. The Morgan fingerprint density at radius 2 is 1.84 bits per heavy atom. The molecule has 6 nitrogen and oxygen atoms in total. The van der Waals surface area contributed by atoms with E-state index < -0.39 is 22.2 Å². The molecule has 1 saturated heterocycles. The van der Waals surface area contributed by atoms with Crippen molar-refractivity contribution in [3.8, 4) is 0 Å². The van der Waals surface area contributed by atoms with Gasteiger partial charge in [-0.15, -0.1) is 0 Å². The number of aliphatic hydroxyl groups excluding tert-OH is 2. The lowest BCUT2D eigenvalue weighted by Gasteiger charge is -2.18. The molecule has 0 bridgehead atoms. The summed E-state index contributed by atoms with van der Waals surface area (Å²) in [6.07, 6.45) is -2.15. The summed E-state index contributed by atoms with van der Waals surface area (Å²) in [7, 11) is -3.83. The first-order chi connectivity index (χ1) is 8.73. The highest BCUT2D eigenvalue weighted by atomic mass is 35.5. The van der Waals surface area contributed by atoms with Gasteiger partial charge >= 0.3 is 0 Å². The van der Waals surface area contributed by atoms with Crippen LogP contribution in [-0.4, -0.2) is 48.2 Å². The Morgan fingerprint density at radius 1 is 1.32 bits per heavy atom. The van der Waals surface area contributed by atoms with Crippen LogP contribution in [0.5, 0.6) is 0 Å². The first kappa shape index (κ1) is 14.5. The van der Waals surface area contributed by atoms with Gasteiger partial charge in [0.15, 0.2) is 0 Å². The fraction of sp³-hybridized carbons (Fsp3) is 0.455. The molecule has 2 rings (SSSR count). The average molecular weight is 307 g/mol. The van der Waals surface area contributed by atoms with E-state index in [4.69, 9.17) is 17.3 Å². The number of nitrogens with zero attached hydrogens (tertiary/aromatic N) is 1. The summed E-state index contributed by atoms with van der Waals surface area (Å²) in [5.41, 5.74) is 6.39. The van der Waals surface area contributed by atoms with Gasteiger partial charge in [-0.1, -0.05) is 11.6 Å². The van der Waals surface area contributed by atoms with Gasteiger partial charge in [0.25, 0.3) is 0 Å². The molecule has 1 fully saturated rings. The molecule has 0 saturated carbocycles. The molecule has 2 unspecified atom stereocenters. The minimum atomic E-state index is -3.83. The summed E-state index contributed by atoms with van der Waals surface area (Å²) < 4.78 is 25.9. The van der Waals surface area contributed by atoms with Crippen LogP contribution in [0.15, 0.2) is 17.0 Å². The van der Waals surface area contributed by atoms with E-state index in [0.717, 1.165) is 4.31 Å². The van der Waals surface area contributed by atoms with Gasteiger partial charge in [0, 0.05) is 23.8 Å². The lowest BCUT2D eigenvalue weighted by molar-refractivity contribution is 0.0572. The first-order valence-electron chi connectivity index (χ1n) is 5.65. The molecule has 8 heteroatoms. The molecule has 2 atom stereocenters. The summed E-state index contributed by atoms with van der Waals surface area (Å²) in [6, 6.07) is 2.79. The molecule has 1 heterocycles. The highest BCUT2D eigenvalue weighted by molar-refractivity contribution is 7.89. The van der Waals surface area contributed by atoms with Crippen molar-refractivity contribution in [2.24, 2.45) is 0 Å². The number of anilines is 1. The molecule has 0 radical (unpaired) electrons. The molecule has 1 aliphatic heterocycles. The van der Waals surface area contributed by atoms with Crippen LogP contribution < -0.4 is 5.73 Å². The molecule has 0 aliphatic carbocycles. The third-order valence-corrected chi connectivity index (χ3v) is 5.38. The molecule has 4 N–H and O–H groups in total. The summed E-state index contributed by atoms with van der Waals surface area (Å²) in [5.74, 6) is 0. The Kier molecular flexibility index (Phi) is 3.76. The standard InChI is InChI=1S/C11H15ClN2O4S/c1-6-8(13)2-7(12)3-11(6)19(17,18)14-4-9(15)10(16)5-14/h2-3,9-10,15-16H,4-5,13H2,1H3. The van der Waals surface area contributed by atoms with E-state index in [2.05, 4.69) is 0 Å². The molecule has 1 aromatic carbocycles. The molecular formula is C11H15ClN2O4S. The fourth-order valence-electron chi connectivity index (χ4n) is 2.01. The van der Waals surface area contributed by atoms with E-state index in [-0.39, 0.29) is 28.7 Å². The van der Waals surface area contributed by atoms with Crippen molar-refractivity contribution in [2.75, 3.05) is 18.8 Å². The third-order valence-electron chi connectivity index (χ3n) is 3.21. The predicted molar refractivity (Wildman–Crippen MR) is 71.4 cm³/mol.